The Morgan fingerprint density at radius 1 is 1.40 bits per heavy atom. The van der Waals surface area contributed by atoms with Gasteiger partial charge in [-0.1, -0.05) is 15.9 Å². The first-order chi connectivity index (χ1) is 7.22. The molecule has 4 heteroatoms. The number of nitrogens with two attached hydrogens (primary N) is 1. The number of nitrogens with zero attached hydrogens (tertiary/aromatic N) is 1. The Labute approximate surface area is 96.1 Å². The highest BCUT2D eigenvalue weighted by Gasteiger charge is 2.09. The average Bonchev–Trinajstić information content (AvgIpc) is 2.27. The van der Waals surface area contributed by atoms with E-state index in [9.17, 15) is 0 Å². The zero-order valence-electron chi connectivity index (χ0n) is 8.02. The van der Waals surface area contributed by atoms with Gasteiger partial charge in [-0.15, -0.1) is 0 Å². The quantitative estimate of drug-likeness (QED) is 0.874. The fraction of sp³-hybridized carbons (Fsp3) is 0.182. The van der Waals surface area contributed by atoms with Crippen molar-refractivity contribution in [3.05, 3.63) is 40.5 Å². The second kappa shape index (κ2) is 4.26. The molecule has 0 aliphatic carbocycles. The van der Waals surface area contributed by atoms with Crippen LogP contribution in [-0.4, -0.2) is 16.7 Å². The van der Waals surface area contributed by atoms with E-state index in [1.54, 1.807) is 6.20 Å². The number of pyridine rings is 1. The third-order valence-electron chi connectivity index (χ3n) is 2.33. The lowest BCUT2D eigenvalue weighted by atomic mass is 10.0. The topological polar surface area (TPSA) is 59.1 Å². The molecule has 1 atom stereocenters. The van der Waals surface area contributed by atoms with Crippen LogP contribution in [0.5, 0.6) is 0 Å². The average molecular weight is 267 g/mol. The molecule has 0 spiro atoms. The first kappa shape index (κ1) is 10.5. The Hall–Kier alpha value is -0.970. The number of halogens is 1. The van der Waals surface area contributed by atoms with Crippen LogP contribution in [0.1, 0.15) is 11.6 Å². The molecule has 2 aromatic rings. The molecular weight excluding hydrogens is 256 g/mol. The lowest BCUT2D eigenvalue weighted by Crippen LogP contribution is -2.14. The highest BCUT2D eigenvalue weighted by Crippen LogP contribution is 2.24. The van der Waals surface area contributed by atoms with Gasteiger partial charge in [0.1, 0.15) is 0 Å². The van der Waals surface area contributed by atoms with Gasteiger partial charge in [0.25, 0.3) is 0 Å². The molecule has 2 rings (SSSR count). The van der Waals surface area contributed by atoms with Gasteiger partial charge in [-0.25, -0.2) is 0 Å². The standard InChI is InChI=1S/C11H11BrN2O/c12-7-1-2-11-9(5-7)8(3-4-14-11)10(13)6-15/h1-5,10,15H,6,13H2. The molecule has 0 amide bonds. The van der Waals surface area contributed by atoms with Gasteiger partial charge in [0.05, 0.1) is 18.2 Å². The molecule has 0 fully saturated rings. The van der Waals surface area contributed by atoms with Crippen LogP contribution in [0.3, 0.4) is 0 Å². The van der Waals surface area contributed by atoms with Gasteiger partial charge in [-0.05, 0) is 29.8 Å². The largest absolute Gasteiger partial charge is 0.394 e. The van der Waals surface area contributed by atoms with E-state index in [1.165, 1.54) is 0 Å². The maximum atomic E-state index is 9.06. The fourth-order valence-electron chi connectivity index (χ4n) is 1.56. The fourth-order valence-corrected chi connectivity index (χ4v) is 1.92. The number of hydrogen-bond acceptors (Lipinski definition) is 3. The van der Waals surface area contributed by atoms with Gasteiger partial charge in [-0.3, -0.25) is 4.98 Å². The van der Waals surface area contributed by atoms with Crippen molar-refractivity contribution >= 4 is 26.8 Å². The third kappa shape index (κ3) is 2.02. The monoisotopic (exact) mass is 266 g/mol. The molecule has 3 nitrogen and oxygen atoms in total. The lowest BCUT2D eigenvalue weighted by Gasteiger charge is -2.11. The molecule has 15 heavy (non-hydrogen) atoms. The van der Waals surface area contributed by atoms with Crippen molar-refractivity contribution in [2.45, 2.75) is 6.04 Å². The van der Waals surface area contributed by atoms with E-state index in [1.807, 2.05) is 24.3 Å². The van der Waals surface area contributed by atoms with Gasteiger partial charge in [-0.2, -0.15) is 0 Å². The second-order valence-electron chi connectivity index (χ2n) is 3.35. The number of aromatic nitrogens is 1. The summed E-state index contributed by atoms with van der Waals surface area (Å²) in [6, 6.07) is 7.31. The van der Waals surface area contributed by atoms with Crippen molar-refractivity contribution in [3.8, 4) is 0 Å². The SMILES string of the molecule is NC(CO)c1ccnc2ccc(Br)cc12. The van der Waals surface area contributed by atoms with E-state index in [4.69, 9.17) is 10.8 Å². The molecule has 0 radical (unpaired) electrons. The van der Waals surface area contributed by atoms with Crippen LogP contribution in [0.15, 0.2) is 34.9 Å². The molecule has 0 aliphatic heterocycles. The maximum absolute atomic E-state index is 9.06. The summed E-state index contributed by atoms with van der Waals surface area (Å²) >= 11 is 3.41. The van der Waals surface area contributed by atoms with Crippen molar-refractivity contribution < 1.29 is 5.11 Å². The summed E-state index contributed by atoms with van der Waals surface area (Å²) < 4.78 is 0.981. The van der Waals surface area contributed by atoms with Gasteiger partial charge in [0.2, 0.25) is 0 Å². The summed E-state index contributed by atoms with van der Waals surface area (Å²) in [4.78, 5) is 4.24. The van der Waals surface area contributed by atoms with Gasteiger partial charge >= 0.3 is 0 Å². The lowest BCUT2D eigenvalue weighted by molar-refractivity contribution is 0.268. The maximum Gasteiger partial charge on any atom is 0.0706 e. The third-order valence-corrected chi connectivity index (χ3v) is 2.83. The second-order valence-corrected chi connectivity index (χ2v) is 4.27. The highest BCUT2D eigenvalue weighted by molar-refractivity contribution is 9.10. The van der Waals surface area contributed by atoms with Crippen LogP contribution in [-0.2, 0) is 0 Å². The predicted molar refractivity (Wildman–Crippen MR) is 63.5 cm³/mol. The van der Waals surface area contributed by atoms with Gasteiger partial charge in [0, 0.05) is 16.1 Å². The van der Waals surface area contributed by atoms with Crippen molar-refractivity contribution in [2.24, 2.45) is 5.73 Å². The number of benzene rings is 1. The van der Waals surface area contributed by atoms with E-state index in [-0.39, 0.29) is 12.6 Å². The molecule has 0 bridgehead atoms. The minimum Gasteiger partial charge on any atom is -0.394 e. The van der Waals surface area contributed by atoms with Crippen molar-refractivity contribution in [3.63, 3.8) is 0 Å². The summed E-state index contributed by atoms with van der Waals surface area (Å²) in [5.74, 6) is 0. The summed E-state index contributed by atoms with van der Waals surface area (Å²) in [5.41, 5.74) is 7.63. The van der Waals surface area contributed by atoms with Crippen LogP contribution < -0.4 is 5.73 Å². The molecule has 1 heterocycles. The Morgan fingerprint density at radius 3 is 2.93 bits per heavy atom. The van der Waals surface area contributed by atoms with E-state index >= 15 is 0 Å². The molecule has 1 aromatic heterocycles. The molecule has 1 unspecified atom stereocenters. The van der Waals surface area contributed by atoms with E-state index < -0.39 is 0 Å². The predicted octanol–water partition coefficient (Wildman–Crippen LogP) is 1.99. The molecule has 3 N–H and O–H groups in total. The smallest absolute Gasteiger partial charge is 0.0706 e. The van der Waals surface area contributed by atoms with Crippen LogP contribution in [0.4, 0.5) is 0 Å². The highest BCUT2D eigenvalue weighted by atomic mass is 79.9. The Kier molecular flexibility index (Phi) is 3.00. The van der Waals surface area contributed by atoms with Gasteiger partial charge < -0.3 is 10.8 Å². The van der Waals surface area contributed by atoms with E-state index in [0.717, 1.165) is 20.9 Å². The summed E-state index contributed by atoms with van der Waals surface area (Å²) in [5, 5.41) is 10.0. The summed E-state index contributed by atoms with van der Waals surface area (Å²) in [7, 11) is 0. The Bertz CT molecular complexity index is 487. The zero-order chi connectivity index (χ0) is 10.8. The van der Waals surface area contributed by atoms with Crippen molar-refractivity contribution in [1.82, 2.24) is 4.98 Å². The van der Waals surface area contributed by atoms with E-state index in [2.05, 4.69) is 20.9 Å². The molecule has 0 saturated carbocycles. The minimum atomic E-state index is -0.357. The number of hydrogen-bond donors (Lipinski definition) is 2. The Balaban J connectivity index is 2.68. The Morgan fingerprint density at radius 2 is 2.20 bits per heavy atom. The number of rotatable bonds is 2. The molecule has 1 aromatic carbocycles. The van der Waals surface area contributed by atoms with Crippen LogP contribution in [0.25, 0.3) is 10.9 Å². The zero-order valence-corrected chi connectivity index (χ0v) is 9.61. The number of fused-ring (bicyclic) bond motifs is 1. The van der Waals surface area contributed by atoms with Crippen LogP contribution in [0.2, 0.25) is 0 Å². The molecule has 78 valence electrons. The normalized spacial score (nSPS) is 13.0. The van der Waals surface area contributed by atoms with E-state index in [0.29, 0.717) is 0 Å². The van der Waals surface area contributed by atoms with Crippen molar-refractivity contribution in [2.75, 3.05) is 6.61 Å². The molecule has 0 aliphatic rings. The molecule has 0 saturated heterocycles. The number of aliphatic hydroxyl groups excluding tert-OH is 1. The molecular formula is C11H11BrN2O. The van der Waals surface area contributed by atoms with Gasteiger partial charge in [0.15, 0.2) is 0 Å². The summed E-state index contributed by atoms with van der Waals surface area (Å²) in [6.07, 6.45) is 1.71. The number of aliphatic hydroxyl groups is 1. The summed E-state index contributed by atoms with van der Waals surface area (Å²) in [6.45, 7) is -0.0639. The van der Waals surface area contributed by atoms with Crippen LogP contribution in [0, 0.1) is 0 Å². The first-order valence-electron chi connectivity index (χ1n) is 4.63. The van der Waals surface area contributed by atoms with Crippen LogP contribution >= 0.6 is 15.9 Å². The van der Waals surface area contributed by atoms with Crippen molar-refractivity contribution in [1.29, 1.82) is 0 Å². The first-order valence-corrected chi connectivity index (χ1v) is 5.42. The minimum absolute atomic E-state index is 0.0639.